The van der Waals surface area contributed by atoms with Gasteiger partial charge in [0.2, 0.25) is 0 Å². The Bertz CT molecular complexity index is 212. The van der Waals surface area contributed by atoms with Crippen molar-refractivity contribution in [3.63, 3.8) is 0 Å². The monoisotopic (exact) mass is 246 g/mol. The summed E-state index contributed by atoms with van der Waals surface area (Å²) in [6, 6.07) is 0. The van der Waals surface area contributed by atoms with Crippen LogP contribution in [0.3, 0.4) is 0 Å². The van der Waals surface area contributed by atoms with E-state index >= 15 is 0 Å². The molecule has 0 spiro atoms. The third-order valence-corrected chi connectivity index (χ3v) is 4.87. The van der Waals surface area contributed by atoms with Gasteiger partial charge in [0.05, 0.1) is 0 Å². The Balaban J connectivity index is 0. The van der Waals surface area contributed by atoms with E-state index in [2.05, 4.69) is 0 Å². The van der Waals surface area contributed by atoms with Gasteiger partial charge in [0.1, 0.15) is 0 Å². The van der Waals surface area contributed by atoms with E-state index in [4.69, 9.17) is 24.7 Å². The third-order valence-electron chi connectivity index (χ3n) is 1.10. The average molecular weight is 246 g/mol. The summed E-state index contributed by atoms with van der Waals surface area (Å²) >= 11 is 0. The molecule has 0 saturated carbocycles. The van der Waals surface area contributed by atoms with Crippen molar-refractivity contribution in [3.05, 3.63) is 0 Å². The van der Waals surface area contributed by atoms with Gasteiger partial charge in [0.15, 0.2) is 0 Å². The van der Waals surface area contributed by atoms with Crippen LogP contribution >= 0.6 is 15.2 Å². The SMILES string of the molecule is CC(O)(P(=O)(O)O)P(=O)(O)O.[KH]. The number of hydrogen-bond donors (Lipinski definition) is 5. The summed E-state index contributed by atoms with van der Waals surface area (Å²) in [5.74, 6) is 0. The fourth-order valence-corrected chi connectivity index (χ4v) is 1.53. The van der Waals surface area contributed by atoms with Crippen molar-refractivity contribution in [2.24, 2.45) is 0 Å². The fraction of sp³-hybridized carbons (Fsp3) is 1.00. The molecule has 12 heavy (non-hydrogen) atoms. The predicted molar refractivity (Wildman–Crippen MR) is 41.9 cm³/mol. The van der Waals surface area contributed by atoms with Crippen LogP contribution in [-0.4, -0.2) is 81.1 Å². The van der Waals surface area contributed by atoms with E-state index in [1.165, 1.54) is 0 Å². The Morgan fingerprint density at radius 1 is 1.00 bits per heavy atom. The Labute approximate surface area is 111 Å². The molecule has 0 bridgehead atoms. The molecule has 0 aliphatic rings. The van der Waals surface area contributed by atoms with Gasteiger partial charge in [0, 0.05) is 0 Å². The normalized spacial score (nSPS) is 13.8. The van der Waals surface area contributed by atoms with Crippen LogP contribution in [0.5, 0.6) is 0 Å². The molecule has 0 aromatic heterocycles. The maximum atomic E-state index is 10.3. The van der Waals surface area contributed by atoms with Crippen LogP contribution in [0.2, 0.25) is 0 Å². The second-order valence-corrected chi connectivity index (χ2v) is 6.33. The Morgan fingerprint density at radius 2 is 1.17 bits per heavy atom. The molecule has 0 aromatic rings. The molecule has 0 fully saturated rings. The van der Waals surface area contributed by atoms with Gasteiger partial charge in [-0.2, -0.15) is 0 Å². The summed E-state index contributed by atoms with van der Waals surface area (Å²) < 4.78 is 20.5. The first-order valence-electron chi connectivity index (χ1n) is 2.34. The van der Waals surface area contributed by atoms with Gasteiger partial charge >= 0.3 is 66.6 Å². The number of rotatable bonds is 2. The molecule has 10 heteroatoms. The molecule has 70 valence electrons. The first-order chi connectivity index (χ1) is 4.50. The molecular weight excluding hydrogens is 237 g/mol. The Morgan fingerprint density at radius 3 is 1.17 bits per heavy atom. The minimum absolute atomic E-state index is 0. The first kappa shape index (κ1) is 16.3. The topological polar surface area (TPSA) is 135 Å². The molecule has 7 nitrogen and oxygen atoms in total. The van der Waals surface area contributed by atoms with Crippen LogP contribution < -0.4 is 0 Å². The van der Waals surface area contributed by atoms with E-state index in [-0.39, 0.29) is 51.4 Å². The van der Waals surface area contributed by atoms with Gasteiger partial charge in [-0.25, -0.2) is 0 Å². The van der Waals surface area contributed by atoms with E-state index in [9.17, 15) is 9.13 Å². The quantitative estimate of drug-likeness (QED) is 0.291. The van der Waals surface area contributed by atoms with Crippen molar-refractivity contribution in [1.82, 2.24) is 0 Å². The van der Waals surface area contributed by atoms with Gasteiger partial charge in [-0.05, 0) is 6.92 Å². The first-order valence-corrected chi connectivity index (χ1v) is 5.56. The molecule has 0 aliphatic heterocycles. The zero-order chi connectivity index (χ0) is 9.50. The Hall–Kier alpha value is 1.90. The van der Waals surface area contributed by atoms with Gasteiger partial charge in [0.25, 0.3) is 5.08 Å². The van der Waals surface area contributed by atoms with Crippen molar-refractivity contribution in [1.29, 1.82) is 0 Å². The molecule has 0 saturated heterocycles. The van der Waals surface area contributed by atoms with E-state index in [0.717, 1.165) is 0 Å². The molecular formula is C2H9KO7P2. The van der Waals surface area contributed by atoms with Crippen LogP contribution in [0, 0.1) is 0 Å². The second kappa shape index (κ2) is 4.61. The van der Waals surface area contributed by atoms with Gasteiger partial charge in [-0.3, -0.25) is 9.13 Å². The summed E-state index contributed by atoms with van der Waals surface area (Å²) in [7, 11) is -10.4. The Kier molecular flexibility index (Phi) is 6.27. The van der Waals surface area contributed by atoms with Crippen LogP contribution in [0.25, 0.3) is 0 Å². The molecule has 0 rings (SSSR count). The second-order valence-electron chi connectivity index (χ2n) is 2.06. The van der Waals surface area contributed by atoms with E-state index in [1.807, 2.05) is 0 Å². The number of aliphatic hydroxyl groups is 1. The zero-order valence-corrected chi connectivity index (χ0v) is 7.24. The summed E-state index contributed by atoms with van der Waals surface area (Å²) in [5, 5.41) is 5.37. The summed E-state index contributed by atoms with van der Waals surface area (Å²) in [5.41, 5.74) is 0. The van der Waals surface area contributed by atoms with Gasteiger partial charge in [-0.1, -0.05) is 0 Å². The summed E-state index contributed by atoms with van der Waals surface area (Å²) in [4.78, 5) is 33.0. The van der Waals surface area contributed by atoms with E-state index in [0.29, 0.717) is 6.92 Å². The predicted octanol–water partition coefficient (Wildman–Crippen LogP) is -1.64. The molecule has 0 aliphatic carbocycles. The molecule has 0 aromatic carbocycles. The van der Waals surface area contributed by atoms with Crippen LogP contribution in [0.4, 0.5) is 0 Å². The summed E-state index contributed by atoms with van der Waals surface area (Å²) in [6.07, 6.45) is 0. The van der Waals surface area contributed by atoms with E-state index in [1.54, 1.807) is 0 Å². The molecule has 0 heterocycles. The zero-order valence-electron chi connectivity index (χ0n) is 5.45. The third kappa shape index (κ3) is 3.57. The van der Waals surface area contributed by atoms with Crippen LogP contribution in [0.1, 0.15) is 6.92 Å². The van der Waals surface area contributed by atoms with Gasteiger partial charge < -0.3 is 24.7 Å². The van der Waals surface area contributed by atoms with Crippen LogP contribution in [0.15, 0.2) is 0 Å². The van der Waals surface area contributed by atoms with Crippen molar-refractivity contribution in [2.45, 2.75) is 12.0 Å². The average Bonchev–Trinajstić information content (AvgIpc) is 1.58. The van der Waals surface area contributed by atoms with Gasteiger partial charge in [-0.15, -0.1) is 0 Å². The van der Waals surface area contributed by atoms with Crippen molar-refractivity contribution < 1.29 is 33.8 Å². The minimum atomic E-state index is -5.20. The molecule has 0 amide bonds. The number of hydrogen-bond acceptors (Lipinski definition) is 3. The van der Waals surface area contributed by atoms with Crippen molar-refractivity contribution >= 4 is 66.6 Å². The fourth-order valence-electron chi connectivity index (χ4n) is 0.170. The molecule has 0 unspecified atom stereocenters. The maximum absolute atomic E-state index is 10.3. The van der Waals surface area contributed by atoms with Crippen LogP contribution in [-0.2, 0) is 9.13 Å². The van der Waals surface area contributed by atoms with Crippen molar-refractivity contribution in [2.75, 3.05) is 0 Å². The molecule has 0 radical (unpaired) electrons. The van der Waals surface area contributed by atoms with Crippen molar-refractivity contribution in [3.8, 4) is 0 Å². The summed E-state index contributed by atoms with van der Waals surface area (Å²) in [6.45, 7) is 0.383. The van der Waals surface area contributed by atoms with E-state index < -0.39 is 20.3 Å². The standard InChI is InChI=1S/C2H8O7P2.K.H/c1-2(3,10(4,5)6)11(7,8)9;;/h3H,1H3,(H2,4,5,6)(H2,7,8,9);;. The molecule has 0 atom stereocenters. The molecule has 5 N–H and O–H groups in total.